The van der Waals surface area contributed by atoms with Gasteiger partial charge >= 0.3 is 0 Å². The summed E-state index contributed by atoms with van der Waals surface area (Å²) in [6.45, 7) is 6.66. The third-order valence-corrected chi connectivity index (χ3v) is 7.20. The van der Waals surface area contributed by atoms with Crippen molar-refractivity contribution in [2.24, 2.45) is 16.3 Å². The fourth-order valence-electron chi connectivity index (χ4n) is 4.20. The lowest BCUT2D eigenvalue weighted by molar-refractivity contribution is -0.113. The molecule has 1 saturated carbocycles. The minimum Gasteiger partial charge on any atom is -0.297 e. The van der Waals surface area contributed by atoms with E-state index in [4.69, 9.17) is 4.99 Å². The molecular formula is C22H30N2OS. The molecule has 0 bridgehead atoms. The van der Waals surface area contributed by atoms with Gasteiger partial charge in [-0.2, -0.15) is 0 Å². The van der Waals surface area contributed by atoms with Crippen LogP contribution in [0.4, 0.5) is 0 Å². The zero-order valence-corrected chi connectivity index (χ0v) is 17.2. The van der Waals surface area contributed by atoms with Gasteiger partial charge in [0.25, 0.3) is 0 Å². The quantitative estimate of drug-likeness (QED) is 0.406. The summed E-state index contributed by atoms with van der Waals surface area (Å²) in [4.78, 5) is 18.1. The van der Waals surface area contributed by atoms with Crippen molar-refractivity contribution in [3.63, 3.8) is 0 Å². The molecule has 0 heterocycles. The van der Waals surface area contributed by atoms with E-state index in [1.165, 1.54) is 42.4 Å². The predicted molar refractivity (Wildman–Crippen MR) is 112 cm³/mol. The Bertz CT molecular complexity index is 729. The van der Waals surface area contributed by atoms with Gasteiger partial charge in [0, 0.05) is 18.4 Å². The highest BCUT2D eigenvalue weighted by Gasteiger charge is 2.40. The Morgan fingerprint density at radius 2 is 2.00 bits per heavy atom. The number of amides is 1. The largest absolute Gasteiger partial charge is 0.297 e. The number of hydrogen-bond donors (Lipinski definition) is 0. The molecule has 140 valence electrons. The summed E-state index contributed by atoms with van der Waals surface area (Å²) in [7, 11) is 1.80. The smallest absolute Gasteiger partial charge is 0.215 e. The van der Waals surface area contributed by atoms with Gasteiger partial charge in [0.15, 0.2) is 5.17 Å². The molecule has 1 amide bonds. The van der Waals surface area contributed by atoms with Gasteiger partial charge in [0.2, 0.25) is 6.41 Å². The van der Waals surface area contributed by atoms with Crippen LogP contribution in [0.5, 0.6) is 0 Å². The monoisotopic (exact) mass is 370 g/mol. The summed E-state index contributed by atoms with van der Waals surface area (Å²) in [5, 5.41) is 0.799. The second-order valence-corrected chi connectivity index (χ2v) is 9.10. The van der Waals surface area contributed by atoms with Crippen molar-refractivity contribution in [2.75, 3.05) is 12.8 Å². The minimum atomic E-state index is 0.265. The maximum Gasteiger partial charge on any atom is 0.215 e. The van der Waals surface area contributed by atoms with Gasteiger partial charge in [-0.25, -0.2) is 4.99 Å². The number of allylic oxidation sites excluding steroid dienone is 1. The molecule has 0 saturated heterocycles. The molecule has 0 N–H and O–H groups in total. The van der Waals surface area contributed by atoms with Crippen LogP contribution < -0.4 is 0 Å². The second-order valence-electron chi connectivity index (χ2n) is 8.11. The SMILES string of the molecule is CC1=C(N=C(SCC(C)C)N(C)C=O)c2ccccc2CC12CCCC2. The standard InChI is InChI=1S/C22H30N2OS/c1-16(2)14-26-21(24(4)15-25)23-20-17(3)22(11-7-8-12-22)13-18-9-5-6-10-19(18)20/h5-6,9-10,15-16H,7-8,11-14H2,1-4H3. The number of carbonyl (C=O) groups is 1. The van der Waals surface area contributed by atoms with Crippen LogP contribution in [0.1, 0.15) is 57.6 Å². The molecule has 2 aliphatic carbocycles. The number of nitrogens with zero attached hydrogens (tertiary/aromatic N) is 2. The lowest BCUT2D eigenvalue weighted by atomic mass is 9.69. The molecule has 0 atom stereocenters. The van der Waals surface area contributed by atoms with Gasteiger partial charge < -0.3 is 0 Å². The molecule has 1 fully saturated rings. The van der Waals surface area contributed by atoms with Crippen LogP contribution in [0.25, 0.3) is 5.70 Å². The first kappa shape index (κ1) is 19.2. The van der Waals surface area contributed by atoms with E-state index < -0.39 is 0 Å². The first-order valence-electron chi connectivity index (χ1n) is 9.66. The molecule has 1 spiro atoms. The number of benzene rings is 1. The van der Waals surface area contributed by atoms with Crippen LogP contribution in [0, 0.1) is 11.3 Å². The topological polar surface area (TPSA) is 32.7 Å². The van der Waals surface area contributed by atoms with Gasteiger partial charge in [0.1, 0.15) is 0 Å². The van der Waals surface area contributed by atoms with E-state index >= 15 is 0 Å². The third-order valence-electron chi connectivity index (χ3n) is 5.73. The molecule has 4 heteroatoms. The van der Waals surface area contributed by atoms with Crippen molar-refractivity contribution >= 4 is 29.0 Å². The molecular weight excluding hydrogens is 340 g/mol. The average molecular weight is 371 g/mol. The highest BCUT2D eigenvalue weighted by molar-refractivity contribution is 8.13. The van der Waals surface area contributed by atoms with Crippen LogP contribution >= 0.6 is 11.8 Å². The van der Waals surface area contributed by atoms with Crippen molar-refractivity contribution < 1.29 is 4.79 Å². The Balaban J connectivity index is 2.09. The number of rotatable bonds is 4. The number of amidine groups is 1. The van der Waals surface area contributed by atoms with E-state index in [1.807, 2.05) is 0 Å². The summed E-state index contributed by atoms with van der Waals surface area (Å²) in [6, 6.07) is 8.67. The van der Waals surface area contributed by atoms with Crippen molar-refractivity contribution in [1.29, 1.82) is 0 Å². The van der Waals surface area contributed by atoms with Gasteiger partial charge in [-0.15, -0.1) is 0 Å². The number of thioether (sulfide) groups is 1. The minimum absolute atomic E-state index is 0.265. The van der Waals surface area contributed by atoms with Gasteiger partial charge in [-0.05, 0) is 48.7 Å². The Morgan fingerprint density at radius 1 is 1.31 bits per heavy atom. The third kappa shape index (κ3) is 3.75. The number of hydrogen-bond acceptors (Lipinski definition) is 3. The molecule has 3 nitrogen and oxygen atoms in total. The molecule has 0 unspecified atom stereocenters. The Labute approximate surface area is 162 Å². The maximum atomic E-state index is 11.4. The summed E-state index contributed by atoms with van der Waals surface area (Å²) in [6.07, 6.45) is 7.11. The molecule has 0 aromatic heterocycles. The van der Waals surface area contributed by atoms with E-state index in [0.717, 1.165) is 29.4 Å². The highest BCUT2D eigenvalue weighted by Crippen LogP contribution is 2.52. The lowest BCUT2D eigenvalue weighted by Crippen LogP contribution is -2.28. The van der Waals surface area contributed by atoms with Crippen molar-refractivity contribution in [3.05, 3.63) is 41.0 Å². The molecule has 1 aromatic rings. The maximum absolute atomic E-state index is 11.4. The lowest BCUT2D eigenvalue weighted by Gasteiger charge is -2.37. The summed E-state index contributed by atoms with van der Waals surface area (Å²) in [5.74, 6) is 1.51. The molecule has 0 radical (unpaired) electrons. The van der Waals surface area contributed by atoms with Crippen LogP contribution in [0.15, 0.2) is 34.8 Å². The first-order valence-corrected chi connectivity index (χ1v) is 10.6. The van der Waals surface area contributed by atoms with Gasteiger partial charge in [-0.3, -0.25) is 9.69 Å². The molecule has 26 heavy (non-hydrogen) atoms. The fourth-order valence-corrected chi connectivity index (χ4v) is 5.08. The fraction of sp³-hybridized carbons (Fsp3) is 0.545. The first-order chi connectivity index (χ1) is 12.5. The van der Waals surface area contributed by atoms with Crippen molar-refractivity contribution in [3.8, 4) is 0 Å². The molecule has 3 rings (SSSR count). The highest BCUT2D eigenvalue weighted by atomic mass is 32.2. The zero-order valence-electron chi connectivity index (χ0n) is 16.4. The van der Waals surface area contributed by atoms with Gasteiger partial charge in [-0.1, -0.05) is 62.7 Å². The zero-order chi connectivity index (χ0) is 18.7. The Kier molecular flexibility index (Phi) is 5.91. The Morgan fingerprint density at radius 3 is 2.65 bits per heavy atom. The molecule has 1 aromatic carbocycles. The van der Waals surface area contributed by atoms with E-state index in [1.54, 1.807) is 23.7 Å². The summed E-state index contributed by atoms with van der Waals surface area (Å²) >= 11 is 1.67. The number of aliphatic imine (C=N–C) groups is 1. The number of carbonyl (C=O) groups excluding carboxylic acids is 1. The van der Waals surface area contributed by atoms with Crippen LogP contribution in [-0.2, 0) is 11.2 Å². The van der Waals surface area contributed by atoms with Gasteiger partial charge in [0.05, 0.1) is 5.70 Å². The summed E-state index contributed by atoms with van der Waals surface area (Å²) in [5.41, 5.74) is 5.41. The Hall–Kier alpha value is -1.55. The van der Waals surface area contributed by atoms with E-state index in [0.29, 0.717) is 5.92 Å². The van der Waals surface area contributed by atoms with E-state index in [2.05, 4.69) is 45.0 Å². The van der Waals surface area contributed by atoms with E-state index in [-0.39, 0.29) is 5.41 Å². The normalized spacial score (nSPS) is 19.2. The summed E-state index contributed by atoms with van der Waals surface area (Å²) < 4.78 is 0. The van der Waals surface area contributed by atoms with E-state index in [9.17, 15) is 4.79 Å². The van der Waals surface area contributed by atoms with Crippen LogP contribution in [0.2, 0.25) is 0 Å². The predicted octanol–water partition coefficient (Wildman–Crippen LogP) is 5.37. The van der Waals surface area contributed by atoms with Crippen LogP contribution in [-0.4, -0.2) is 29.3 Å². The second kappa shape index (κ2) is 7.99. The molecule has 0 aliphatic heterocycles. The number of fused-ring (bicyclic) bond motifs is 1. The van der Waals surface area contributed by atoms with Crippen molar-refractivity contribution in [2.45, 2.75) is 52.9 Å². The van der Waals surface area contributed by atoms with Crippen molar-refractivity contribution in [1.82, 2.24) is 4.90 Å². The van der Waals surface area contributed by atoms with Crippen LogP contribution in [0.3, 0.4) is 0 Å². The average Bonchev–Trinajstić information content (AvgIpc) is 3.10. The molecule has 2 aliphatic rings.